The van der Waals surface area contributed by atoms with Crippen LogP contribution in [0, 0.1) is 0 Å². The number of nitrogens with two attached hydrogens (primary N) is 1. The van der Waals surface area contributed by atoms with Gasteiger partial charge in [-0.25, -0.2) is 0 Å². The first-order valence-electron chi connectivity index (χ1n) is 3.43. The van der Waals surface area contributed by atoms with Gasteiger partial charge in [-0.15, -0.1) is 0 Å². The third kappa shape index (κ3) is 7.44. The number of allylic oxidation sites excluding steroid dienone is 3. The highest BCUT2D eigenvalue weighted by molar-refractivity contribution is 5.01. The van der Waals surface area contributed by atoms with E-state index in [-0.39, 0.29) is 0 Å². The molecule has 0 radical (unpaired) electrons. The van der Waals surface area contributed by atoms with Crippen molar-refractivity contribution in [1.82, 2.24) is 0 Å². The highest BCUT2D eigenvalue weighted by Gasteiger charge is 1.68. The second-order valence-electron chi connectivity index (χ2n) is 1.84. The third-order valence-electron chi connectivity index (χ3n) is 0.952. The first kappa shape index (κ1) is 8.44. The zero-order valence-corrected chi connectivity index (χ0v) is 6.01. The zero-order chi connectivity index (χ0) is 6.95. The lowest BCUT2D eigenvalue weighted by molar-refractivity contribution is 1.01. The predicted octanol–water partition coefficient (Wildman–Crippen LogP) is 1.86. The van der Waals surface area contributed by atoms with Gasteiger partial charge in [0.25, 0.3) is 0 Å². The van der Waals surface area contributed by atoms with E-state index >= 15 is 0 Å². The van der Waals surface area contributed by atoms with E-state index in [1.54, 1.807) is 0 Å². The summed E-state index contributed by atoms with van der Waals surface area (Å²) in [7, 11) is 0. The summed E-state index contributed by atoms with van der Waals surface area (Å²) in [4.78, 5) is 0. The third-order valence-corrected chi connectivity index (χ3v) is 0.952. The van der Waals surface area contributed by atoms with Crippen molar-refractivity contribution in [2.45, 2.75) is 19.8 Å². The molecule has 1 heteroatoms. The van der Waals surface area contributed by atoms with Crippen molar-refractivity contribution >= 4 is 0 Å². The van der Waals surface area contributed by atoms with E-state index in [0.29, 0.717) is 0 Å². The SMILES string of the molecule is CC/C=C/C=C/CCN. The molecule has 0 unspecified atom stereocenters. The molecular weight excluding hydrogens is 110 g/mol. The van der Waals surface area contributed by atoms with Gasteiger partial charge in [0.15, 0.2) is 0 Å². The normalized spacial score (nSPS) is 11.8. The number of hydrogen-bond donors (Lipinski definition) is 1. The van der Waals surface area contributed by atoms with Crippen LogP contribution >= 0.6 is 0 Å². The van der Waals surface area contributed by atoms with Gasteiger partial charge in [-0.3, -0.25) is 0 Å². The van der Waals surface area contributed by atoms with E-state index in [2.05, 4.69) is 25.2 Å². The van der Waals surface area contributed by atoms with Gasteiger partial charge in [0.2, 0.25) is 0 Å². The summed E-state index contributed by atoms with van der Waals surface area (Å²) < 4.78 is 0. The van der Waals surface area contributed by atoms with Crippen LogP contribution in [0.25, 0.3) is 0 Å². The lowest BCUT2D eigenvalue weighted by Gasteiger charge is -1.80. The lowest BCUT2D eigenvalue weighted by Crippen LogP contribution is -1.94. The Kier molecular flexibility index (Phi) is 6.98. The van der Waals surface area contributed by atoms with Crippen LogP contribution in [0.4, 0.5) is 0 Å². The van der Waals surface area contributed by atoms with E-state index in [0.717, 1.165) is 19.4 Å². The Morgan fingerprint density at radius 1 is 1.22 bits per heavy atom. The van der Waals surface area contributed by atoms with E-state index in [1.165, 1.54) is 0 Å². The summed E-state index contributed by atoms with van der Waals surface area (Å²) in [5.41, 5.74) is 5.27. The minimum Gasteiger partial charge on any atom is -0.330 e. The molecule has 0 spiro atoms. The molecule has 0 aromatic heterocycles. The van der Waals surface area contributed by atoms with Crippen LogP contribution in [0.1, 0.15) is 19.8 Å². The van der Waals surface area contributed by atoms with Gasteiger partial charge < -0.3 is 5.73 Å². The van der Waals surface area contributed by atoms with Crippen LogP contribution in [0.2, 0.25) is 0 Å². The van der Waals surface area contributed by atoms with E-state index in [1.807, 2.05) is 6.08 Å². The van der Waals surface area contributed by atoms with Gasteiger partial charge in [-0.1, -0.05) is 31.2 Å². The second kappa shape index (κ2) is 7.44. The Labute approximate surface area is 57.3 Å². The van der Waals surface area contributed by atoms with Crippen molar-refractivity contribution in [1.29, 1.82) is 0 Å². The summed E-state index contributed by atoms with van der Waals surface area (Å²) >= 11 is 0. The van der Waals surface area contributed by atoms with E-state index < -0.39 is 0 Å². The maximum atomic E-state index is 5.27. The highest BCUT2D eigenvalue weighted by atomic mass is 14.5. The van der Waals surface area contributed by atoms with Crippen molar-refractivity contribution in [2.24, 2.45) is 5.73 Å². The Balaban J connectivity index is 3.13. The van der Waals surface area contributed by atoms with Gasteiger partial charge in [-0.2, -0.15) is 0 Å². The average molecular weight is 125 g/mol. The van der Waals surface area contributed by atoms with Crippen LogP contribution in [0.15, 0.2) is 24.3 Å². The fourth-order valence-corrected chi connectivity index (χ4v) is 0.486. The van der Waals surface area contributed by atoms with Crippen molar-refractivity contribution in [3.63, 3.8) is 0 Å². The summed E-state index contributed by atoms with van der Waals surface area (Å²) in [6.07, 6.45) is 10.4. The maximum Gasteiger partial charge on any atom is -0.00425 e. The first-order valence-corrected chi connectivity index (χ1v) is 3.43. The Morgan fingerprint density at radius 3 is 2.44 bits per heavy atom. The number of rotatable bonds is 4. The summed E-state index contributed by atoms with van der Waals surface area (Å²) in [5.74, 6) is 0. The molecule has 0 aliphatic heterocycles. The summed E-state index contributed by atoms with van der Waals surface area (Å²) in [5, 5.41) is 0. The molecule has 9 heavy (non-hydrogen) atoms. The zero-order valence-electron chi connectivity index (χ0n) is 6.01. The number of hydrogen-bond acceptors (Lipinski definition) is 1. The van der Waals surface area contributed by atoms with Crippen molar-refractivity contribution in [2.75, 3.05) is 6.54 Å². The summed E-state index contributed by atoms with van der Waals surface area (Å²) in [6, 6.07) is 0. The molecule has 52 valence electrons. The van der Waals surface area contributed by atoms with Crippen molar-refractivity contribution < 1.29 is 0 Å². The van der Waals surface area contributed by atoms with Crippen LogP contribution in [-0.2, 0) is 0 Å². The maximum absolute atomic E-state index is 5.27. The molecule has 0 aliphatic carbocycles. The van der Waals surface area contributed by atoms with Crippen molar-refractivity contribution in [3.8, 4) is 0 Å². The molecule has 0 aromatic rings. The smallest absolute Gasteiger partial charge is 0.00425 e. The molecule has 0 fully saturated rings. The fourth-order valence-electron chi connectivity index (χ4n) is 0.486. The molecule has 0 rings (SSSR count). The van der Waals surface area contributed by atoms with Gasteiger partial charge in [0.1, 0.15) is 0 Å². The van der Waals surface area contributed by atoms with Crippen LogP contribution in [-0.4, -0.2) is 6.54 Å². The van der Waals surface area contributed by atoms with Crippen molar-refractivity contribution in [3.05, 3.63) is 24.3 Å². The predicted molar refractivity (Wildman–Crippen MR) is 42.2 cm³/mol. The topological polar surface area (TPSA) is 26.0 Å². The highest BCUT2D eigenvalue weighted by Crippen LogP contribution is 1.83. The molecule has 1 nitrogen and oxygen atoms in total. The van der Waals surface area contributed by atoms with Gasteiger partial charge in [-0.05, 0) is 19.4 Å². The molecule has 0 aromatic carbocycles. The quantitative estimate of drug-likeness (QED) is 0.570. The van der Waals surface area contributed by atoms with Gasteiger partial charge in [0, 0.05) is 0 Å². The molecule has 0 aliphatic rings. The molecule has 0 saturated carbocycles. The largest absolute Gasteiger partial charge is 0.330 e. The molecular formula is C8H15N. The standard InChI is InChI=1S/C8H15N/c1-2-3-4-5-6-7-8-9/h3-6H,2,7-9H2,1H3/b4-3+,6-5+. The van der Waals surface area contributed by atoms with Gasteiger partial charge in [0.05, 0.1) is 0 Å². The van der Waals surface area contributed by atoms with Crippen LogP contribution in [0.5, 0.6) is 0 Å². The Morgan fingerprint density at radius 2 is 1.89 bits per heavy atom. The average Bonchev–Trinajstić information content (AvgIpc) is 1.89. The van der Waals surface area contributed by atoms with Gasteiger partial charge >= 0.3 is 0 Å². The Bertz CT molecular complexity index is 92.7. The molecule has 0 heterocycles. The minimum absolute atomic E-state index is 0.746. The molecule has 0 bridgehead atoms. The first-order chi connectivity index (χ1) is 4.41. The Hall–Kier alpha value is -0.560. The second-order valence-corrected chi connectivity index (χ2v) is 1.84. The monoisotopic (exact) mass is 125 g/mol. The summed E-state index contributed by atoms with van der Waals surface area (Å²) in [6.45, 7) is 2.86. The fraction of sp³-hybridized carbons (Fsp3) is 0.500. The molecule has 0 saturated heterocycles. The van der Waals surface area contributed by atoms with E-state index in [9.17, 15) is 0 Å². The van der Waals surface area contributed by atoms with Crippen LogP contribution < -0.4 is 5.73 Å². The minimum atomic E-state index is 0.746. The lowest BCUT2D eigenvalue weighted by atomic mass is 10.3. The molecule has 0 amide bonds. The molecule has 2 N–H and O–H groups in total. The van der Waals surface area contributed by atoms with E-state index in [4.69, 9.17) is 5.73 Å². The van der Waals surface area contributed by atoms with Crippen LogP contribution in [0.3, 0.4) is 0 Å². The molecule has 0 atom stereocenters.